The molecule has 1 fully saturated rings. The maximum absolute atomic E-state index is 11.6. The molecule has 1 aromatic rings. The molecule has 1 atom stereocenters. The van der Waals surface area contributed by atoms with Gasteiger partial charge in [0.15, 0.2) is 6.10 Å². The molecule has 1 aliphatic heterocycles. The molecule has 4 heteroatoms. The Kier molecular flexibility index (Phi) is 3.29. The number of benzene rings is 1. The first-order valence-corrected chi connectivity index (χ1v) is 5.49. The molecular formula is C12H15NO3. The van der Waals surface area contributed by atoms with Crippen molar-refractivity contribution in [2.75, 3.05) is 6.54 Å². The third-order valence-corrected chi connectivity index (χ3v) is 2.58. The average Bonchev–Trinajstić information content (AvgIpc) is 2.45. The summed E-state index contributed by atoms with van der Waals surface area (Å²) in [4.78, 5) is 11.6. The summed E-state index contributed by atoms with van der Waals surface area (Å²) in [5, 5.41) is 12.1. The number of aromatic hydroxyl groups is 1. The first-order chi connectivity index (χ1) is 7.75. The molecule has 1 aromatic carbocycles. The van der Waals surface area contributed by atoms with Crippen molar-refractivity contribution in [2.24, 2.45) is 0 Å². The number of carbonyl (C=O) groups excluding carboxylic acids is 1. The summed E-state index contributed by atoms with van der Waals surface area (Å²) < 4.78 is 5.56. The number of hydrogen-bond acceptors (Lipinski definition) is 3. The van der Waals surface area contributed by atoms with Crippen molar-refractivity contribution >= 4 is 5.91 Å². The molecule has 1 unspecified atom stereocenters. The van der Waals surface area contributed by atoms with Gasteiger partial charge in [-0.25, -0.2) is 0 Å². The average molecular weight is 221 g/mol. The van der Waals surface area contributed by atoms with E-state index in [2.05, 4.69) is 5.32 Å². The SMILES string of the molecule is O=C1NCCCCC1Oc1cccc(O)c1. The molecule has 16 heavy (non-hydrogen) atoms. The molecule has 4 nitrogen and oxygen atoms in total. The number of nitrogens with one attached hydrogen (secondary N) is 1. The molecular weight excluding hydrogens is 206 g/mol. The van der Waals surface area contributed by atoms with E-state index in [1.54, 1.807) is 18.2 Å². The van der Waals surface area contributed by atoms with E-state index in [0.29, 0.717) is 5.75 Å². The molecule has 1 amide bonds. The van der Waals surface area contributed by atoms with Crippen LogP contribution in [0.3, 0.4) is 0 Å². The first-order valence-electron chi connectivity index (χ1n) is 5.49. The van der Waals surface area contributed by atoms with Gasteiger partial charge in [-0.15, -0.1) is 0 Å². The fourth-order valence-corrected chi connectivity index (χ4v) is 1.74. The fourth-order valence-electron chi connectivity index (χ4n) is 1.74. The minimum absolute atomic E-state index is 0.0687. The van der Waals surface area contributed by atoms with Crippen LogP contribution >= 0.6 is 0 Å². The minimum atomic E-state index is -0.440. The van der Waals surface area contributed by atoms with E-state index in [1.807, 2.05) is 0 Å². The highest BCUT2D eigenvalue weighted by atomic mass is 16.5. The van der Waals surface area contributed by atoms with Gasteiger partial charge in [0.2, 0.25) is 0 Å². The number of ether oxygens (including phenoxy) is 1. The second-order valence-electron chi connectivity index (χ2n) is 3.89. The predicted molar refractivity (Wildman–Crippen MR) is 59.4 cm³/mol. The molecule has 0 saturated carbocycles. The van der Waals surface area contributed by atoms with Gasteiger partial charge in [-0.05, 0) is 31.4 Å². The van der Waals surface area contributed by atoms with Crippen LogP contribution in [0, 0.1) is 0 Å². The Balaban J connectivity index is 2.05. The smallest absolute Gasteiger partial charge is 0.261 e. The molecule has 0 radical (unpaired) electrons. The summed E-state index contributed by atoms with van der Waals surface area (Å²) in [7, 11) is 0. The van der Waals surface area contributed by atoms with Crippen LogP contribution in [0.2, 0.25) is 0 Å². The minimum Gasteiger partial charge on any atom is -0.508 e. The molecule has 0 bridgehead atoms. The van der Waals surface area contributed by atoms with E-state index in [1.165, 1.54) is 6.07 Å². The van der Waals surface area contributed by atoms with E-state index in [9.17, 15) is 9.90 Å². The Morgan fingerprint density at radius 1 is 1.38 bits per heavy atom. The number of amides is 1. The van der Waals surface area contributed by atoms with Gasteiger partial charge in [0.25, 0.3) is 5.91 Å². The van der Waals surface area contributed by atoms with Gasteiger partial charge in [0.1, 0.15) is 11.5 Å². The van der Waals surface area contributed by atoms with Crippen molar-refractivity contribution < 1.29 is 14.6 Å². The van der Waals surface area contributed by atoms with E-state index >= 15 is 0 Å². The summed E-state index contributed by atoms with van der Waals surface area (Å²) in [6.07, 6.45) is 2.25. The van der Waals surface area contributed by atoms with Crippen LogP contribution in [0.4, 0.5) is 0 Å². The molecule has 86 valence electrons. The van der Waals surface area contributed by atoms with Crippen LogP contribution in [0.15, 0.2) is 24.3 Å². The maximum atomic E-state index is 11.6. The Bertz CT molecular complexity index is 378. The molecule has 2 rings (SSSR count). The van der Waals surface area contributed by atoms with Gasteiger partial charge in [-0.3, -0.25) is 4.79 Å². The van der Waals surface area contributed by atoms with E-state index < -0.39 is 6.10 Å². The summed E-state index contributed by atoms with van der Waals surface area (Å²) in [6, 6.07) is 6.51. The Morgan fingerprint density at radius 3 is 3.06 bits per heavy atom. The zero-order valence-corrected chi connectivity index (χ0v) is 8.98. The summed E-state index contributed by atoms with van der Waals surface area (Å²) in [6.45, 7) is 0.721. The summed E-state index contributed by atoms with van der Waals surface area (Å²) in [5.74, 6) is 0.606. The van der Waals surface area contributed by atoms with Gasteiger partial charge in [0, 0.05) is 12.6 Å². The van der Waals surface area contributed by atoms with Crippen LogP contribution in [0.1, 0.15) is 19.3 Å². The summed E-state index contributed by atoms with van der Waals surface area (Å²) in [5.41, 5.74) is 0. The van der Waals surface area contributed by atoms with Crippen molar-refractivity contribution in [2.45, 2.75) is 25.4 Å². The highest BCUT2D eigenvalue weighted by molar-refractivity contribution is 5.81. The third kappa shape index (κ3) is 2.66. The molecule has 1 saturated heterocycles. The predicted octanol–water partition coefficient (Wildman–Crippen LogP) is 1.44. The lowest BCUT2D eigenvalue weighted by Crippen LogP contribution is -2.36. The third-order valence-electron chi connectivity index (χ3n) is 2.58. The van der Waals surface area contributed by atoms with Gasteiger partial charge in [-0.2, -0.15) is 0 Å². The number of carbonyl (C=O) groups is 1. The second-order valence-corrected chi connectivity index (χ2v) is 3.89. The monoisotopic (exact) mass is 221 g/mol. The van der Waals surface area contributed by atoms with E-state index in [0.717, 1.165) is 25.8 Å². The number of rotatable bonds is 2. The topological polar surface area (TPSA) is 58.6 Å². The fraction of sp³-hybridized carbons (Fsp3) is 0.417. The first kappa shape index (κ1) is 10.8. The molecule has 0 spiro atoms. The van der Waals surface area contributed by atoms with Gasteiger partial charge in [-0.1, -0.05) is 6.07 Å². The number of phenolic OH excluding ortho intramolecular Hbond substituents is 1. The highest BCUT2D eigenvalue weighted by Crippen LogP contribution is 2.20. The van der Waals surface area contributed by atoms with Crippen LogP contribution in [0.25, 0.3) is 0 Å². The molecule has 1 heterocycles. The van der Waals surface area contributed by atoms with Crippen LogP contribution in [-0.4, -0.2) is 23.7 Å². The van der Waals surface area contributed by atoms with Gasteiger partial charge < -0.3 is 15.2 Å². The highest BCUT2D eigenvalue weighted by Gasteiger charge is 2.22. The quantitative estimate of drug-likeness (QED) is 0.794. The lowest BCUT2D eigenvalue weighted by molar-refractivity contribution is -0.127. The number of phenols is 1. The number of hydrogen-bond donors (Lipinski definition) is 2. The maximum Gasteiger partial charge on any atom is 0.261 e. The van der Waals surface area contributed by atoms with Crippen molar-refractivity contribution in [1.82, 2.24) is 5.32 Å². The van der Waals surface area contributed by atoms with E-state index in [-0.39, 0.29) is 11.7 Å². The largest absolute Gasteiger partial charge is 0.508 e. The Labute approximate surface area is 94.2 Å². The van der Waals surface area contributed by atoms with Crippen molar-refractivity contribution in [3.63, 3.8) is 0 Å². The van der Waals surface area contributed by atoms with Crippen LogP contribution < -0.4 is 10.1 Å². The van der Waals surface area contributed by atoms with Gasteiger partial charge in [0.05, 0.1) is 0 Å². The van der Waals surface area contributed by atoms with Crippen molar-refractivity contribution in [3.05, 3.63) is 24.3 Å². The van der Waals surface area contributed by atoms with Crippen molar-refractivity contribution in [3.8, 4) is 11.5 Å². The van der Waals surface area contributed by atoms with Crippen molar-refractivity contribution in [1.29, 1.82) is 0 Å². The molecule has 0 aromatic heterocycles. The second kappa shape index (κ2) is 4.88. The normalized spacial score (nSPS) is 21.0. The summed E-state index contributed by atoms with van der Waals surface area (Å²) >= 11 is 0. The molecule has 2 N–H and O–H groups in total. The zero-order chi connectivity index (χ0) is 11.4. The lowest BCUT2D eigenvalue weighted by Gasteiger charge is -2.15. The standard InChI is InChI=1S/C12H15NO3/c14-9-4-3-5-10(8-9)16-11-6-1-2-7-13-12(11)15/h3-5,8,11,14H,1-2,6-7H2,(H,13,15). The van der Waals surface area contributed by atoms with E-state index in [4.69, 9.17) is 4.74 Å². The Morgan fingerprint density at radius 2 is 2.25 bits per heavy atom. The van der Waals surface area contributed by atoms with Crippen LogP contribution in [0.5, 0.6) is 11.5 Å². The molecule has 0 aliphatic carbocycles. The molecule has 1 aliphatic rings. The zero-order valence-electron chi connectivity index (χ0n) is 8.98. The van der Waals surface area contributed by atoms with Crippen LogP contribution in [-0.2, 0) is 4.79 Å². The lowest BCUT2D eigenvalue weighted by atomic mass is 10.2. The van der Waals surface area contributed by atoms with Gasteiger partial charge >= 0.3 is 0 Å². The Hall–Kier alpha value is -1.71.